The second-order valence-corrected chi connectivity index (χ2v) is 8.90. The lowest BCUT2D eigenvalue weighted by Crippen LogP contribution is -2.32. The molecule has 0 saturated carbocycles. The molecule has 0 heterocycles. The third kappa shape index (κ3) is 5.17. The molecule has 1 aromatic rings. The van der Waals surface area contributed by atoms with Crippen LogP contribution in [0, 0.1) is 0 Å². The second-order valence-electron chi connectivity index (χ2n) is 3.75. The Hall–Kier alpha value is -1.01. The van der Waals surface area contributed by atoms with E-state index in [1.54, 1.807) is 0 Å². The zero-order valence-electron chi connectivity index (χ0n) is 10.5. The molecule has 8 nitrogen and oxygen atoms in total. The first-order valence-corrected chi connectivity index (χ1v) is 10.2. The predicted octanol–water partition coefficient (Wildman–Crippen LogP) is -0.304. The van der Waals surface area contributed by atoms with Crippen LogP contribution in [-0.4, -0.2) is 43.4 Å². The van der Waals surface area contributed by atoms with E-state index in [0.29, 0.717) is 12.5 Å². The number of hydrogen-bond acceptors (Lipinski definition) is 8. The number of sulfone groups is 1. The van der Waals surface area contributed by atoms with Crippen LogP contribution in [0.25, 0.3) is 0 Å². The van der Waals surface area contributed by atoms with Gasteiger partial charge in [-0.1, -0.05) is 18.2 Å². The van der Waals surface area contributed by atoms with E-state index < -0.39 is 35.7 Å². The molecule has 1 aromatic carbocycles. The zero-order valence-corrected chi connectivity index (χ0v) is 12.9. The molecule has 11 heteroatoms. The van der Waals surface area contributed by atoms with Crippen LogP contribution < -0.4 is 0 Å². The molecule has 0 bridgehead atoms. The molecular weight excluding hydrogens is 332 g/mol. The summed E-state index contributed by atoms with van der Waals surface area (Å²) in [6.07, 6.45) is 1.15. The Kier molecular flexibility index (Phi) is 4.92. The Morgan fingerprint density at radius 1 is 0.800 bits per heavy atom. The van der Waals surface area contributed by atoms with Crippen molar-refractivity contribution in [2.75, 3.05) is 12.5 Å². The first-order chi connectivity index (χ1) is 8.92. The van der Waals surface area contributed by atoms with E-state index in [1.807, 2.05) is 0 Å². The van der Waals surface area contributed by atoms with Gasteiger partial charge in [-0.15, -0.1) is 0 Å². The van der Waals surface area contributed by atoms with Crippen LogP contribution in [0.5, 0.6) is 0 Å². The summed E-state index contributed by atoms with van der Waals surface area (Å²) in [5.74, 6) is 0. The van der Waals surface area contributed by atoms with Crippen LogP contribution in [0.2, 0.25) is 0 Å². The summed E-state index contributed by atoms with van der Waals surface area (Å²) in [6.45, 7) is 0. The van der Waals surface area contributed by atoms with Crippen molar-refractivity contribution in [3.05, 3.63) is 30.3 Å². The van der Waals surface area contributed by atoms with Gasteiger partial charge in [0.1, 0.15) is 0 Å². The van der Waals surface area contributed by atoms with E-state index in [2.05, 4.69) is 8.37 Å². The van der Waals surface area contributed by atoms with E-state index in [0.717, 1.165) is 12.1 Å². The lowest BCUT2D eigenvalue weighted by molar-refractivity contribution is 0.0889. The Morgan fingerprint density at radius 3 is 1.55 bits per heavy atom. The largest absolute Gasteiger partial charge is 0.298 e. The first kappa shape index (κ1) is 17.0. The monoisotopic (exact) mass is 344 g/mol. The van der Waals surface area contributed by atoms with Gasteiger partial charge in [0.2, 0.25) is 9.84 Å². The maximum Gasteiger partial charge on any atom is 0.298 e. The van der Waals surface area contributed by atoms with Gasteiger partial charge in [-0.2, -0.15) is 16.8 Å². The normalized spacial score (nSPS) is 13.6. The molecule has 114 valence electrons. The molecule has 1 rings (SSSR count). The van der Waals surface area contributed by atoms with Gasteiger partial charge in [0.25, 0.3) is 25.9 Å². The minimum atomic E-state index is -4.47. The van der Waals surface area contributed by atoms with E-state index >= 15 is 0 Å². The Bertz CT molecular complexity index is 728. The van der Waals surface area contributed by atoms with E-state index in [4.69, 9.17) is 0 Å². The van der Waals surface area contributed by atoms with Gasteiger partial charge < -0.3 is 0 Å². The summed E-state index contributed by atoms with van der Waals surface area (Å²) in [5, 5.41) is 0. The Morgan fingerprint density at radius 2 is 1.20 bits per heavy atom. The summed E-state index contributed by atoms with van der Waals surface area (Å²) in [7, 11) is -13.0. The molecule has 0 amide bonds. The molecule has 0 atom stereocenters. The third-order valence-electron chi connectivity index (χ3n) is 1.83. The minimum absolute atomic E-state index is 0.336. The van der Waals surface area contributed by atoms with Crippen molar-refractivity contribution in [2.45, 2.75) is 10.5 Å². The van der Waals surface area contributed by atoms with Gasteiger partial charge in [0.05, 0.1) is 17.4 Å². The van der Waals surface area contributed by atoms with Crippen molar-refractivity contribution in [3.8, 4) is 0 Å². The molecule has 0 aliphatic rings. The predicted molar refractivity (Wildman–Crippen MR) is 69.3 cm³/mol. The standard InChI is InChI=1S/C9H12O8S3/c1-18(10,11)16-9(17-19(2,12)13)20(14,15)8-6-4-3-5-7-8/h3-7,9H,1-2H3. The average molecular weight is 344 g/mol. The van der Waals surface area contributed by atoms with Crippen molar-refractivity contribution in [1.29, 1.82) is 0 Å². The number of benzene rings is 1. The van der Waals surface area contributed by atoms with Crippen LogP contribution in [0.3, 0.4) is 0 Å². The van der Waals surface area contributed by atoms with Crippen LogP contribution in [0.1, 0.15) is 0 Å². The van der Waals surface area contributed by atoms with Gasteiger partial charge in [-0.05, 0) is 12.1 Å². The summed E-state index contributed by atoms with van der Waals surface area (Å²) in [4.78, 5) is -0.336. The molecule has 0 N–H and O–H groups in total. The summed E-state index contributed by atoms with van der Waals surface area (Å²) in [6, 6.07) is 6.60. The third-order valence-corrected chi connectivity index (χ3v) is 4.75. The summed E-state index contributed by atoms with van der Waals surface area (Å²) < 4.78 is 76.8. The maximum atomic E-state index is 12.1. The van der Waals surface area contributed by atoms with Crippen LogP contribution >= 0.6 is 0 Å². The quantitative estimate of drug-likeness (QED) is 0.509. The second kappa shape index (κ2) is 5.77. The first-order valence-electron chi connectivity index (χ1n) is 4.97. The molecule has 0 aliphatic heterocycles. The highest BCUT2D eigenvalue weighted by Gasteiger charge is 2.35. The molecular formula is C9H12O8S3. The van der Waals surface area contributed by atoms with Crippen molar-refractivity contribution in [2.24, 2.45) is 0 Å². The summed E-state index contributed by atoms with van der Waals surface area (Å²) in [5.41, 5.74) is -2.50. The topological polar surface area (TPSA) is 121 Å². The molecule has 0 radical (unpaired) electrons. The van der Waals surface area contributed by atoms with Gasteiger partial charge in [-0.25, -0.2) is 16.8 Å². The fourth-order valence-electron chi connectivity index (χ4n) is 1.13. The molecule has 0 saturated heterocycles. The fraction of sp³-hybridized carbons (Fsp3) is 0.333. The molecule has 0 unspecified atom stereocenters. The van der Waals surface area contributed by atoms with Gasteiger partial charge in [0, 0.05) is 0 Å². The van der Waals surface area contributed by atoms with Gasteiger partial charge >= 0.3 is 0 Å². The Balaban J connectivity index is 3.30. The number of rotatable bonds is 6. The van der Waals surface area contributed by atoms with Crippen molar-refractivity contribution in [3.63, 3.8) is 0 Å². The lowest BCUT2D eigenvalue weighted by Gasteiger charge is -2.15. The van der Waals surface area contributed by atoms with Crippen molar-refractivity contribution < 1.29 is 33.6 Å². The van der Waals surface area contributed by atoms with Crippen LogP contribution in [0.4, 0.5) is 0 Å². The van der Waals surface area contributed by atoms with Gasteiger partial charge in [-0.3, -0.25) is 0 Å². The average Bonchev–Trinajstić information content (AvgIpc) is 2.25. The van der Waals surface area contributed by atoms with E-state index in [-0.39, 0.29) is 4.90 Å². The lowest BCUT2D eigenvalue weighted by atomic mass is 10.4. The molecule has 0 aliphatic carbocycles. The van der Waals surface area contributed by atoms with E-state index in [9.17, 15) is 25.3 Å². The van der Waals surface area contributed by atoms with Gasteiger partial charge in [0.15, 0.2) is 0 Å². The van der Waals surface area contributed by atoms with Crippen molar-refractivity contribution >= 4 is 30.1 Å². The minimum Gasteiger partial charge on any atom is -0.221 e. The van der Waals surface area contributed by atoms with Crippen LogP contribution in [0.15, 0.2) is 35.2 Å². The highest BCUT2D eigenvalue weighted by molar-refractivity contribution is 7.94. The van der Waals surface area contributed by atoms with Crippen molar-refractivity contribution in [1.82, 2.24) is 0 Å². The smallest absolute Gasteiger partial charge is 0.221 e. The fourth-order valence-corrected chi connectivity index (χ4v) is 4.27. The van der Waals surface area contributed by atoms with E-state index in [1.165, 1.54) is 18.2 Å². The Labute approximate surface area is 117 Å². The molecule has 0 fully saturated rings. The highest BCUT2D eigenvalue weighted by atomic mass is 32.2. The number of hydrogen-bond donors (Lipinski definition) is 0. The SMILES string of the molecule is CS(=O)(=O)OC(OS(C)(=O)=O)S(=O)(=O)c1ccccc1. The molecule has 0 spiro atoms. The molecule has 0 aromatic heterocycles. The highest BCUT2D eigenvalue weighted by Crippen LogP contribution is 2.20. The zero-order chi connectivity index (χ0) is 15.6. The summed E-state index contributed by atoms with van der Waals surface area (Å²) >= 11 is 0. The maximum absolute atomic E-state index is 12.1. The van der Waals surface area contributed by atoms with Crippen LogP contribution in [-0.2, 0) is 38.4 Å². The molecule has 20 heavy (non-hydrogen) atoms.